The number of hydrogen-bond donors (Lipinski definition) is 1. The Morgan fingerprint density at radius 1 is 1.58 bits per heavy atom. The smallest absolute Gasteiger partial charge is 0.208 e. The number of nitrogens with one attached hydrogen (secondary N) is 1. The maximum atomic E-state index is 10.3. The van der Waals surface area contributed by atoms with E-state index in [0.29, 0.717) is 12.3 Å². The predicted molar refractivity (Wildman–Crippen MR) is 45.2 cm³/mol. The van der Waals surface area contributed by atoms with Gasteiger partial charge in [0.25, 0.3) is 0 Å². The molecule has 12 heavy (non-hydrogen) atoms. The molecule has 0 bridgehead atoms. The van der Waals surface area contributed by atoms with Gasteiger partial charge in [0.15, 0.2) is 0 Å². The van der Waals surface area contributed by atoms with Gasteiger partial charge in [-0.1, -0.05) is 6.92 Å². The first-order valence-electron chi connectivity index (χ1n) is 4.35. The highest BCUT2D eigenvalue weighted by Gasteiger charge is 2.33. The van der Waals surface area contributed by atoms with Gasteiger partial charge in [-0.05, 0) is 31.6 Å². The molecule has 0 atom stereocenters. The maximum Gasteiger partial charge on any atom is 0.208 e. The van der Waals surface area contributed by atoms with Crippen LogP contribution in [-0.4, -0.2) is 11.9 Å². The molecule has 1 saturated carbocycles. The van der Waals surface area contributed by atoms with Crippen LogP contribution >= 0.6 is 0 Å². The highest BCUT2D eigenvalue weighted by atomic mass is 16.1. The van der Waals surface area contributed by atoms with Crippen LogP contribution in [0.2, 0.25) is 0 Å². The topological polar surface area (TPSA) is 52.9 Å². The second-order valence-electron chi connectivity index (χ2n) is 3.64. The largest absolute Gasteiger partial charge is 0.340 e. The molecule has 3 heteroatoms. The lowest BCUT2D eigenvalue weighted by Gasteiger charge is -2.32. The Hall–Kier alpha value is -1.04. The lowest BCUT2D eigenvalue weighted by molar-refractivity contribution is -0.111. The average Bonchev–Trinajstić information content (AvgIpc) is 2.10. The molecule has 0 heterocycles. The average molecular weight is 166 g/mol. The van der Waals surface area contributed by atoms with E-state index in [4.69, 9.17) is 5.26 Å². The fourth-order valence-corrected chi connectivity index (χ4v) is 1.66. The van der Waals surface area contributed by atoms with Crippen molar-refractivity contribution in [1.82, 2.24) is 5.32 Å². The minimum atomic E-state index is -0.561. The zero-order chi connectivity index (χ0) is 9.03. The van der Waals surface area contributed by atoms with Gasteiger partial charge in [-0.15, -0.1) is 0 Å². The summed E-state index contributed by atoms with van der Waals surface area (Å²) >= 11 is 0. The van der Waals surface area contributed by atoms with Crippen LogP contribution in [0.4, 0.5) is 0 Å². The number of hydrogen-bond acceptors (Lipinski definition) is 2. The van der Waals surface area contributed by atoms with Crippen LogP contribution in [0.5, 0.6) is 0 Å². The van der Waals surface area contributed by atoms with E-state index in [1.54, 1.807) is 0 Å². The summed E-state index contributed by atoms with van der Waals surface area (Å²) in [5.74, 6) is 0.694. The summed E-state index contributed by atoms with van der Waals surface area (Å²) in [5, 5.41) is 11.5. The third-order valence-electron chi connectivity index (χ3n) is 2.68. The van der Waals surface area contributed by atoms with Crippen molar-refractivity contribution in [3.63, 3.8) is 0 Å². The normalized spacial score (nSPS) is 35.2. The Kier molecular flexibility index (Phi) is 2.69. The van der Waals surface area contributed by atoms with Gasteiger partial charge in [-0.25, -0.2) is 0 Å². The molecule has 1 N–H and O–H groups in total. The van der Waals surface area contributed by atoms with Crippen LogP contribution in [-0.2, 0) is 4.79 Å². The van der Waals surface area contributed by atoms with E-state index in [0.717, 1.165) is 25.7 Å². The highest BCUT2D eigenvalue weighted by molar-refractivity contribution is 5.49. The van der Waals surface area contributed by atoms with Gasteiger partial charge in [0, 0.05) is 0 Å². The lowest BCUT2D eigenvalue weighted by atomic mass is 9.78. The monoisotopic (exact) mass is 166 g/mol. The minimum Gasteiger partial charge on any atom is -0.340 e. The van der Waals surface area contributed by atoms with Crippen LogP contribution in [0, 0.1) is 17.2 Å². The summed E-state index contributed by atoms with van der Waals surface area (Å²) in [5.41, 5.74) is -0.561. The molecule has 0 saturated heterocycles. The molecule has 0 aromatic heterocycles. The summed E-state index contributed by atoms with van der Waals surface area (Å²) in [7, 11) is 0. The Morgan fingerprint density at radius 3 is 2.58 bits per heavy atom. The van der Waals surface area contributed by atoms with Crippen molar-refractivity contribution in [3.8, 4) is 6.07 Å². The van der Waals surface area contributed by atoms with Crippen molar-refractivity contribution >= 4 is 6.41 Å². The molecular formula is C9H14N2O. The summed E-state index contributed by atoms with van der Waals surface area (Å²) in [4.78, 5) is 10.3. The Labute approximate surface area is 72.8 Å². The van der Waals surface area contributed by atoms with Gasteiger partial charge < -0.3 is 5.32 Å². The number of nitriles is 1. The molecule has 0 aromatic rings. The Morgan fingerprint density at radius 2 is 2.17 bits per heavy atom. The summed E-state index contributed by atoms with van der Waals surface area (Å²) in [6.45, 7) is 2.18. The van der Waals surface area contributed by atoms with Gasteiger partial charge in [-0.3, -0.25) is 4.79 Å². The van der Waals surface area contributed by atoms with Gasteiger partial charge in [0.2, 0.25) is 6.41 Å². The highest BCUT2D eigenvalue weighted by Crippen LogP contribution is 2.30. The van der Waals surface area contributed by atoms with Crippen LogP contribution in [0.15, 0.2) is 0 Å². The first kappa shape index (κ1) is 9.05. The van der Waals surface area contributed by atoms with E-state index in [9.17, 15) is 4.79 Å². The molecule has 0 aromatic carbocycles. The van der Waals surface area contributed by atoms with Crippen molar-refractivity contribution in [2.45, 2.75) is 38.1 Å². The standard InChI is InChI=1S/C9H14N2O/c1-8-2-4-9(6-10,5-3-8)11-7-12/h7-8H,2-5H2,1H3,(H,11,12). The van der Waals surface area contributed by atoms with E-state index in [1.165, 1.54) is 0 Å². The number of carbonyl (C=O) groups is 1. The fraction of sp³-hybridized carbons (Fsp3) is 0.778. The molecule has 0 radical (unpaired) electrons. The van der Waals surface area contributed by atoms with Gasteiger partial charge >= 0.3 is 0 Å². The maximum absolute atomic E-state index is 10.3. The van der Waals surface area contributed by atoms with Crippen LogP contribution in [0.25, 0.3) is 0 Å². The zero-order valence-corrected chi connectivity index (χ0v) is 7.34. The third-order valence-corrected chi connectivity index (χ3v) is 2.68. The minimum absolute atomic E-state index is 0.561. The quantitative estimate of drug-likeness (QED) is 0.627. The van der Waals surface area contributed by atoms with E-state index in [-0.39, 0.29) is 0 Å². The van der Waals surface area contributed by atoms with Crippen molar-refractivity contribution in [2.75, 3.05) is 0 Å². The SMILES string of the molecule is CC1CCC(C#N)(NC=O)CC1. The number of amides is 1. The molecule has 1 aliphatic carbocycles. The molecule has 3 nitrogen and oxygen atoms in total. The number of rotatable bonds is 2. The summed E-state index contributed by atoms with van der Waals surface area (Å²) < 4.78 is 0. The second-order valence-corrected chi connectivity index (χ2v) is 3.64. The van der Waals surface area contributed by atoms with Crippen molar-refractivity contribution in [1.29, 1.82) is 5.26 Å². The van der Waals surface area contributed by atoms with E-state index in [2.05, 4.69) is 18.3 Å². The predicted octanol–water partition coefficient (Wildman–Crippen LogP) is 1.20. The van der Waals surface area contributed by atoms with Crippen molar-refractivity contribution in [3.05, 3.63) is 0 Å². The molecule has 1 fully saturated rings. The second kappa shape index (κ2) is 3.57. The van der Waals surface area contributed by atoms with Crippen molar-refractivity contribution in [2.24, 2.45) is 5.92 Å². The van der Waals surface area contributed by atoms with E-state index >= 15 is 0 Å². The molecule has 0 spiro atoms. The third kappa shape index (κ3) is 1.76. The number of nitrogens with zero attached hydrogens (tertiary/aromatic N) is 1. The van der Waals surface area contributed by atoms with Crippen molar-refractivity contribution < 1.29 is 4.79 Å². The molecule has 1 amide bonds. The summed E-state index contributed by atoms with van der Waals surface area (Å²) in [6, 6.07) is 2.20. The fourth-order valence-electron chi connectivity index (χ4n) is 1.66. The molecular weight excluding hydrogens is 152 g/mol. The van der Waals surface area contributed by atoms with E-state index < -0.39 is 5.54 Å². The molecule has 66 valence electrons. The Balaban J connectivity index is 2.58. The zero-order valence-electron chi connectivity index (χ0n) is 7.34. The first-order chi connectivity index (χ1) is 5.72. The van der Waals surface area contributed by atoms with Gasteiger partial charge in [0.1, 0.15) is 5.54 Å². The van der Waals surface area contributed by atoms with Crippen LogP contribution in [0.1, 0.15) is 32.6 Å². The van der Waals surface area contributed by atoms with Gasteiger partial charge in [0.05, 0.1) is 6.07 Å². The number of carbonyl (C=O) groups excluding carboxylic acids is 1. The molecule has 1 aliphatic rings. The van der Waals surface area contributed by atoms with Crippen LogP contribution in [0.3, 0.4) is 0 Å². The molecule has 0 unspecified atom stereocenters. The molecule has 0 aliphatic heterocycles. The molecule has 1 rings (SSSR count). The van der Waals surface area contributed by atoms with Crippen LogP contribution < -0.4 is 5.32 Å². The Bertz CT molecular complexity index is 199. The van der Waals surface area contributed by atoms with Gasteiger partial charge in [-0.2, -0.15) is 5.26 Å². The van der Waals surface area contributed by atoms with E-state index in [1.807, 2.05) is 0 Å². The summed E-state index contributed by atoms with van der Waals surface area (Å²) in [6.07, 6.45) is 4.30. The first-order valence-corrected chi connectivity index (χ1v) is 4.35. The lowest BCUT2D eigenvalue weighted by Crippen LogP contribution is -2.45.